The average molecular weight is 944 g/mol. The van der Waals surface area contributed by atoms with E-state index < -0.39 is 58.0 Å². The standard InChI is InChI=1S/C33H76N2O15P2Si5/c1-32(2)33(36)34-18-15-19-35(3,4)20-23-42-51(37,38)43-26-24-40-22-17-31-57(14,49-55(11,12)47-53(5,6)7)50-56(13,48-54(8,9)10)30-16-21-41-25-27-44-52(39)45-28-29-46-52/h1,15-31H2,2-14H3,(H-,34,36,37,38)/p+1. The lowest BCUT2D eigenvalue weighted by Gasteiger charge is -2.44. The van der Waals surface area contributed by atoms with Crippen LogP contribution in [0.3, 0.4) is 0 Å². The number of hydrogen-bond donors (Lipinski definition) is 2. The number of phosphoric acid groups is 2. The first-order valence-corrected chi connectivity index (χ1v) is 37.5. The lowest BCUT2D eigenvalue weighted by Crippen LogP contribution is -2.60. The molecule has 0 radical (unpaired) electrons. The zero-order valence-corrected chi connectivity index (χ0v) is 44.0. The number of nitrogens with zero attached hydrogens (tertiary/aromatic N) is 1. The van der Waals surface area contributed by atoms with Gasteiger partial charge in [-0.25, -0.2) is 9.13 Å². The van der Waals surface area contributed by atoms with Gasteiger partial charge in [-0.15, -0.1) is 0 Å². The Bertz CT molecular complexity index is 1320. The number of carbonyl (C=O) groups is 1. The molecule has 338 valence electrons. The minimum absolute atomic E-state index is 0.0332. The quantitative estimate of drug-likeness (QED) is 0.0229. The fraction of sp³-hybridized carbons (Fsp3) is 0.909. The van der Waals surface area contributed by atoms with Crippen LogP contribution in [0.4, 0.5) is 0 Å². The molecule has 0 aromatic heterocycles. The van der Waals surface area contributed by atoms with Crippen molar-refractivity contribution in [2.45, 2.75) is 104 Å². The topological polar surface area (TPSA) is 185 Å². The molecule has 0 saturated carbocycles. The molecule has 17 nitrogen and oxygen atoms in total. The molecule has 1 aliphatic rings. The molecule has 0 aromatic rings. The predicted octanol–water partition coefficient (Wildman–Crippen LogP) is 6.85. The largest absolute Gasteiger partial charge is 0.475 e. The van der Waals surface area contributed by atoms with E-state index in [4.69, 9.17) is 48.6 Å². The zero-order valence-electron chi connectivity index (χ0n) is 37.2. The first-order valence-electron chi connectivity index (χ1n) is 19.9. The number of rotatable bonds is 33. The number of quaternary nitrogens is 1. The smallest absolute Gasteiger partial charge is 0.437 e. The summed E-state index contributed by atoms with van der Waals surface area (Å²) in [5, 5.41) is 2.81. The molecular weight excluding hydrogens is 867 g/mol. The van der Waals surface area contributed by atoms with Crippen LogP contribution in [0.25, 0.3) is 0 Å². The Hall–Kier alpha value is 0.234. The molecule has 1 heterocycles. The molecule has 1 fully saturated rings. The summed E-state index contributed by atoms with van der Waals surface area (Å²) in [6.45, 7) is 30.0. The number of likely N-dealkylation sites (N-methyl/N-ethyl adjacent to an activating group) is 1. The van der Waals surface area contributed by atoms with Crippen LogP contribution < -0.4 is 5.32 Å². The highest BCUT2D eigenvalue weighted by atomic mass is 31.2. The van der Waals surface area contributed by atoms with Gasteiger partial charge in [-0.05, 0) is 97.3 Å². The van der Waals surface area contributed by atoms with Crippen molar-refractivity contribution in [2.75, 3.05) is 93.2 Å². The van der Waals surface area contributed by atoms with Crippen molar-refractivity contribution in [3.63, 3.8) is 0 Å². The van der Waals surface area contributed by atoms with E-state index in [1.807, 2.05) is 14.1 Å². The number of carbonyl (C=O) groups excluding carboxylic acids is 1. The van der Waals surface area contributed by atoms with Gasteiger partial charge >= 0.3 is 41.3 Å². The Morgan fingerprint density at radius 2 is 1.25 bits per heavy atom. The summed E-state index contributed by atoms with van der Waals surface area (Å²) in [4.78, 5) is 21.9. The van der Waals surface area contributed by atoms with Crippen LogP contribution >= 0.6 is 15.6 Å². The molecule has 0 bridgehead atoms. The minimum atomic E-state index is -4.26. The van der Waals surface area contributed by atoms with Gasteiger partial charge < -0.3 is 40.6 Å². The predicted molar refractivity (Wildman–Crippen MR) is 234 cm³/mol. The van der Waals surface area contributed by atoms with Crippen molar-refractivity contribution in [2.24, 2.45) is 0 Å². The second-order valence-corrected chi connectivity index (χ2v) is 40.8. The SMILES string of the molecule is C=C(C)C(=O)NCCC[N+](C)(C)CCOP(=O)(O)OCCOCCC[Si](C)(O[Si](C)(C)O[Si](C)(C)C)O[Si](C)(CCCOCCOP1(=O)OCCO1)O[Si](C)(C)C. The molecule has 0 spiro atoms. The van der Waals surface area contributed by atoms with Crippen LogP contribution in [0, 0.1) is 0 Å². The maximum absolute atomic E-state index is 12.5. The molecule has 0 aromatic carbocycles. The number of amides is 1. The third-order valence-corrected chi connectivity index (χ3v) is 28.7. The lowest BCUT2D eigenvalue weighted by molar-refractivity contribution is -0.890. The summed E-state index contributed by atoms with van der Waals surface area (Å²) < 4.78 is 90.0. The van der Waals surface area contributed by atoms with Crippen molar-refractivity contribution < 1.29 is 71.9 Å². The highest BCUT2D eigenvalue weighted by Gasteiger charge is 2.48. The van der Waals surface area contributed by atoms with E-state index >= 15 is 0 Å². The van der Waals surface area contributed by atoms with E-state index in [0.717, 1.165) is 13.0 Å². The van der Waals surface area contributed by atoms with Gasteiger partial charge in [-0.2, -0.15) is 0 Å². The van der Waals surface area contributed by atoms with Gasteiger partial charge in [-0.3, -0.25) is 27.4 Å². The third-order valence-electron chi connectivity index (χ3n) is 7.91. The molecule has 1 saturated heterocycles. The van der Waals surface area contributed by atoms with Gasteiger partial charge in [0.05, 0.1) is 60.3 Å². The molecule has 3 atom stereocenters. The van der Waals surface area contributed by atoms with Gasteiger partial charge in [0.2, 0.25) is 5.91 Å². The van der Waals surface area contributed by atoms with E-state index in [1.165, 1.54) is 0 Å². The van der Waals surface area contributed by atoms with Gasteiger partial charge in [-0.1, -0.05) is 6.58 Å². The summed E-state index contributed by atoms with van der Waals surface area (Å²) in [5.74, 6) is -0.169. The maximum Gasteiger partial charge on any atom is 0.475 e. The molecule has 1 aliphatic heterocycles. The fourth-order valence-electron chi connectivity index (χ4n) is 6.06. The number of phosphoric ester groups is 2. The third kappa shape index (κ3) is 27.7. The Morgan fingerprint density at radius 3 is 1.77 bits per heavy atom. The van der Waals surface area contributed by atoms with Gasteiger partial charge in [0, 0.05) is 31.8 Å². The number of hydrogen-bond acceptors (Lipinski definition) is 14. The molecule has 2 N–H and O–H groups in total. The molecule has 57 heavy (non-hydrogen) atoms. The summed E-state index contributed by atoms with van der Waals surface area (Å²) in [5.41, 5.74) is 0.464. The Labute approximate surface area is 348 Å². The van der Waals surface area contributed by atoms with Crippen molar-refractivity contribution in [1.82, 2.24) is 5.32 Å². The van der Waals surface area contributed by atoms with E-state index in [0.29, 0.717) is 61.3 Å². The van der Waals surface area contributed by atoms with E-state index in [2.05, 4.69) is 77.4 Å². The highest BCUT2D eigenvalue weighted by Crippen LogP contribution is 2.52. The Kier molecular flexibility index (Phi) is 24.0. The van der Waals surface area contributed by atoms with Crippen LogP contribution in [0.1, 0.15) is 26.2 Å². The Morgan fingerprint density at radius 1 is 0.737 bits per heavy atom. The lowest BCUT2D eigenvalue weighted by atomic mass is 10.3. The second-order valence-electron chi connectivity index (χ2n) is 17.6. The molecule has 3 unspecified atom stereocenters. The fourth-order valence-corrected chi connectivity index (χ4v) is 31.6. The molecule has 24 heteroatoms. The van der Waals surface area contributed by atoms with E-state index in [1.54, 1.807) is 6.92 Å². The van der Waals surface area contributed by atoms with Crippen molar-refractivity contribution >= 4 is 63.9 Å². The monoisotopic (exact) mass is 943 g/mol. The normalized spacial score (nSPS) is 18.5. The average Bonchev–Trinajstić information content (AvgIpc) is 3.45. The van der Waals surface area contributed by atoms with Crippen LogP contribution in [-0.2, 0) is 62.5 Å². The van der Waals surface area contributed by atoms with Crippen LogP contribution in [0.5, 0.6) is 0 Å². The molecule has 1 rings (SSSR count). The summed E-state index contributed by atoms with van der Waals surface area (Å²) in [7, 11) is -16.0. The molecular formula is C33H77N2O15P2Si5+. The maximum atomic E-state index is 12.5. The Balaban J connectivity index is 2.70. The molecule has 0 aliphatic carbocycles. The second kappa shape index (κ2) is 24.8. The van der Waals surface area contributed by atoms with Gasteiger partial charge in [0.15, 0.2) is 16.6 Å². The summed E-state index contributed by atoms with van der Waals surface area (Å²) in [6, 6.07) is 1.32. The highest BCUT2D eigenvalue weighted by molar-refractivity contribution is 7.48. The van der Waals surface area contributed by atoms with Crippen LogP contribution in [-0.4, -0.2) is 151 Å². The first kappa shape index (κ1) is 55.3. The van der Waals surface area contributed by atoms with E-state index in [9.17, 15) is 18.8 Å². The number of ether oxygens (including phenoxy) is 2. The van der Waals surface area contributed by atoms with E-state index in [-0.39, 0.29) is 52.2 Å². The van der Waals surface area contributed by atoms with Gasteiger partial charge in [0.1, 0.15) is 13.2 Å². The minimum Gasteiger partial charge on any atom is -0.437 e. The number of nitrogens with one attached hydrogen (secondary N) is 1. The van der Waals surface area contributed by atoms with Crippen molar-refractivity contribution in [1.29, 1.82) is 0 Å². The van der Waals surface area contributed by atoms with Crippen LogP contribution in [0.2, 0.25) is 77.6 Å². The molecule has 1 amide bonds. The van der Waals surface area contributed by atoms with Crippen molar-refractivity contribution in [3.8, 4) is 0 Å². The summed E-state index contributed by atoms with van der Waals surface area (Å²) in [6.07, 6.45) is 2.07. The zero-order chi connectivity index (χ0) is 43.7. The summed E-state index contributed by atoms with van der Waals surface area (Å²) >= 11 is 0. The van der Waals surface area contributed by atoms with Crippen LogP contribution in [0.15, 0.2) is 12.2 Å². The van der Waals surface area contributed by atoms with Gasteiger partial charge in [0.25, 0.3) is 0 Å². The van der Waals surface area contributed by atoms with Crippen molar-refractivity contribution in [3.05, 3.63) is 12.2 Å². The first-order chi connectivity index (χ1) is 26.0.